The molecule has 0 saturated heterocycles. The van der Waals surface area contributed by atoms with Gasteiger partial charge in [0.25, 0.3) is 0 Å². The maximum absolute atomic E-state index is 12.3. The summed E-state index contributed by atoms with van der Waals surface area (Å²) in [6, 6.07) is 11.8. The molecule has 0 saturated carbocycles. The van der Waals surface area contributed by atoms with Crippen molar-refractivity contribution in [2.45, 2.75) is 37.2 Å². The molecule has 8 heteroatoms. The first kappa shape index (κ1) is 17.2. The SMILES string of the molecule is Cc1cc(NC(=O)[C@H](C)Sc2nncn2[C@@H](C)c2ccccc2)no1. The van der Waals surface area contributed by atoms with Crippen LogP contribution >= 0.6 is 11.8 Å². The van der Waals surface area contributed by atoms with Gasteiger partial charge in [-0.2, -0.15) is 0 Å². The van der Waals surface area contributed by atoms with Crippen LogP contribution in [0.1, 0.15) is 31.2 Å². The number of hydrogen-bond acceptors (Lipinski definition) is 6. The maximum atomic E-state index is 12.3. The van der Waals surface area contributed by atoms with Crippen molar-refractivity contribution in [3.63, 3.8) is 0 Å². The molecule has 0 aliphatic heterocycles. The summed E-state index contributed by atoms with van der Waals surface area (Å²) in [4.78, 5) is 12.3. The lowest BCUT2D eigenvalue weighted by atomic mass is 10.1. The molecule has 0 radical (unpaired) electrons. The second-order valence-corrected chi connectivity index (χ2v) is 6.99. The number of hydrogen-bond donors (Lipinski definition) is 1. The van der Waals surface area contributed by atoms with Gasteiger partial charge in [-0.25, -0.2) is 0 Å². The number of aryl methyl sites for hydroxylation is 1. The van der Waals surface area contributed by atoms with E-state index >= 15 is 0 Å². The smallest absolute Gasteiger partial charge is 0.238 e. The molecule has 1 amide bonds. The summed E-state index contributed by atoms with van der Waals surface area (Å²) in [5.74, 6) is 0.890. The Morgan fingerprint density at radius 2 is 2.04 bits per heavy atom. The van der Waals surface area contributed by atoms with Gasteiger partial charge < -0.3 is 14.4 Å². The zero-order valence-corrected chi connectivity index (χ0v) is 15.0. The van der Waals surface area contributed by atoms with Gasteiger partial charge in [0.2, 0.25) is 5.91 Å². The third kappa shape index (κ3) is 4.08. The molecule has 0 unspecified atom stereocenters. The van der Waals surface area contributed by atoms with E-state index in [0.717, 1.165) is 5.56 Å². The minimum Gasteiger partial charge on any atom is -0.360 e. The highest BCUT2D eigenvalue weighted by Crippen LogP contribution is 2.27. The van der Waals surface area contributed by atoms with Gasteiger partial charge in [-0.15, -0.1) is 10.2 Å². The summed E-state index contributed by atoms with van der Waals surface area (Å²) in [7, 11) is 0. The fourth-order valence-corrected chi connectivity index (χ4v) is 3.24. The largest absolute Gasteiger partial charge is 0.360 e. The monoisotopic (exact) mass is 357 g/mol. The van der Waals surface area contributed by atoms with Crippen LogP contribution in [0.5, 0.6) is 0 Å². The molecule has 0 fully saturated rings. The van der Waals surface area contributed by atoms with Crippen LogP contribution in [-0.2, 0) is 4.79 Å². The van der Waals surface area contributed by atoms with Gasteiger partial charge in [0, 0.05) is 6.07 Å². The fraction of sp³-hybridized carbons (Fsp3) is 0.294. The lowest BCUT2D eigenvalue weighted by molar-refractivity contribution is -0.115. The maximum Gasteiger partial charge on any atom is 0.238 e. The van der Waals surface area contributed by atoms with E-state index in [2.05, 4.69) is 39.7 Å². The summed E-state index contributed by atoms with van der Waals surface area (Å²) >= 11 is 1.35. The molecule has 2 heterocycles. The molecule has 0 bridgehead atoms. The van der Waals surface area contributed by atoms with Gasteiger partial charge in [-0.1, -0.05) is 47.3 Å². The zero-order valence-electron chi connectivity index (χ0n) is 14.2. The van der Waals surface area contributed by atoms with E-state index in [1.165, 1.54) is 11.8 Å². The Kier molecular flexibility index (Phi) is 5.18. The van der Waals surface area contributed by atoms with Crippen molar-refractivity contribution >= 4 is 23.5 Å². The zero-order chi connectivity index (χ0) is 17.8. The van der Waals surface area contributed by atoms with Crippen molar-refractivity contribution in [2.75, 3.05) is 5.32 Å². The van der Waals surface area contributed by atoms with Crippen LogP contribution in [0, 0.1) is 6.92 Å². The molecule has 130 valence electrons. The third-order valence-electron chi connectivity index (χ3n) is 3.77. The molecule has 0 aliphatic carbocycles. The first-order valence-corrected chi connectivity index (χ1v) is 8.78. The van der Waals surface area contributed by atoms with Crippen LogP contribution in [0.3, 0.4) is 0 Å². The van der Waals surface area contributed by atoms with E-state index in [1.807, 2.05) is 29.7 Å². The molecule has 1 N–H and O–H groups in total. The number of thioether (sulfide) groups is 1. The van der Waals surface area contributed by atoms with E-state index in [9.17, 15) is 4.79 Å². The number of nitrogens with zero attached hydrogens (tertiary/aromatic N) is 4. The molecular weight excluding hydrogens is 338 g/mol. The number of rotatable bonds is 6. The minimum atomic E-state index is -0.358. The van der Waals surface area contributed by atoms with Crippen LogP contribution in [0.15, 0.2) is 52.4 Å². The lowest BCUT2D eigenvalue weighted by Gasteiger charge is -2.17. The van der Waals surface area contributed by atoms with Crippen molar-refractivity contribution in [1.29, 1.82) is 0 Å². The van der Waals surface area contributed by atoms with Crippen LogP contribution in [0.2, 0.25) is 0 Å². The standard InChI is InChI=1S/C17H19N5O2S/c1-11-9-15(21-24-11)19-16(23)13(3)25-17-20-18-10-22(17)12(2)14-7-5-4-6-8-14/h4-10,12-13H,1-3H3,(H,19,21,23)/t12-,13-/m0/s1. The number of amides is 1. The molecule has 7 nitrogen and oxygen atoms in total. The fourth-order valence-electron chi connectivity index (χ4n) is 2.34. The van der Waals surface area contributed by atoms with E-state index in [1.54, 1.807) is 19.3 Å². The number of nitrogens with one attached hydrogen (secondary N) is 1. The lowest BCUT2D eigenvalue weighted by Crippen LogP contribution is -2.23. The first-order valence-electron chi connectivity index (χ1n) is 7.90. The van der Waals surface area contributed by atoms with Crippen molar-refractivity contribution in [2.24, 2.45) is 0 Å². The van der Waals surface area contributed by atoms with Crippen molar-refractivity contribution < 1.29 is 9.32 Å². The van der Waals surface area contributed by atoms with Crippen LogP contribution in [0.25, 0.3) is 0 Å². The average Bonchev–Trinajstić information content (AvgIpc) is 3.24. The second-order valence-electron chi connectivity index (χ2n) is 5.68. The molecule has 1 aromatic carbocycles. The van der Waals surface area contributed by atoms with Gasteiger partial charge in [0.05, 0.1) is 11.3 Å². The quantitative estimate of drug-likeness (QED) is 0.681. The van der Waals surface area contributed by atoms with E-state index in [0.29, 0.717) is 16.7 Å². The number of carbonyl (C=O) groups is 1. The summed E-state index contributed by atoms with van der Waals surface area (Å²) in [6.45, 7) is 5.67. The van der Waals surface area contributed by atoms with Crippen LogP contribution < -0.4 is 5.32 Å². The molecule has 3 aromatic rings. The van der Waals surface area contributed by atoms with E-state index < -0.39 is 0 Å². The third-order valence-corrected chi connectivity index (χ3v) is 4.84. The van der Waals surface area contributed by atoms with Crippen molar-refractivity contribution in [3.05, 3.63) is 54.0 Å². The number of aromatic nitrogens is 4. The van der Waals surface area contributed by atoms with Gasteiger partial charge in [-0.3, -0.25) is 4.79 Å². The van der Waals surface area contributed by atoms with Gasteiger partial charge in [-0.05, 0) is 26.3 Å². The van der Waals surface area contributed by atoms with Crippen molar-refractivity contribution in [3.8, 4) is 0 Å². The highest BCUT2D eigenvalue weighted by Gasteiger charge is 2.21. The molecule has 2 atom stereocenters. The molecule has 0 aliphatic rings. The topological polar surface area (TPSA) is 85.8 Å². The molecule has 25 heavy (non-hydrogen) atoms. The van der Waals surface area contributed by atoms with Gasteiger partial charge >= 0.3 is 0 Å². The van der Waals surface area contributed by atoms with Gasteiger partial charge in [0.15, 0.2) is 11.0 Å². The highest BCUT2D eigenvalue weighted by molar-refractivity contribution is 8.00. The number of anilines is 1. The van der Waals surface area contributed by atoms with Crippen LogP contribution in [0.4, 0.5) is 5.82 Å². The Labute approximate surface area is 149 Å². The summed E-state index contributed by atoms with van der Waals surface area (Å²) in [5.41, 5.74) is 1.15. The normalized spacial score (nSPS) is 13.4. The Bertz CT molecular complexity index is 846. The molecule has 3 rings (SSSR count). The Balaban J connectivity index is 1.69. The summed E-state index contributed by atoms with van der Waals surface area (Å²) in [6.07, 6.45) is 1.69. The Morgan fingerprint density at radius 3 is 2.72 bits per heavy atom. The highest BCUT2D eigenvalue weighted by atomic mass is 32.2. The van der Waals surface area contributed by atoms with Crippen LogP contribution in [-0.4, -0.2) is 31.1 Å². The molecular formula is C17H19N5O2S. The minimum absolute atomic E-state index is 0.0761. The van der Waals surface area contributed by atoms with E-state index in [4.69, 9.17) is 4.52 Å². The average molecular weight is 357 g/mol. The van der Waals surface area contributed by atoms with Gasteiger partial charge in [0.1, 0.15) is 12.1 Å². The summed E-state index contributed by atoms with van der Waals surface area (Å²) in [5, 5.41) is 15.0. The Hall–Kier alpha value is -2.61. The number of benzene rings is 1. The number of carbonyl (C=O) groups excluding carboxylic acids is 1. The molecule has 2 aromatic heterocycles. The Morgan fingerprint density at radius 1 is 1.28 bits per heavy atom. The predicted molar refractivity (Wildman–Crippen MR) is 95.5 cm³/mol. The van der Waals surface area contributed by atoms with Crippen molar-refractivity contribution in [1.82, 2.24) is 19.9 Å². The molecule has 0 spiro atoms. The van der Waals surface area contributed by atoms with E-state index in [-0.39, 0.29) is 17.2 Å². The first-order chi connectivity index (χ1) is 12.0. The second kappa shape index (κ2) is 7.52. The predicted octanol–water partition coefficient (Wildman–Crippen LogP) is 3.30. The summed E-state index contributed by atoms with van der Waals surface area (Å²) < 4.78 is 6.91.